The van der Waals surface area contributed by atoms with Crippen LogP contribution in [0.15, 0.2) is 48.7 Å². The topological polar surface area (TPSA) is 75.6 Å². The van der Waals surface area contributed by atoms with Gasteiger partial charge in [0.05, 0.1) is 0 Å². The predicted octanol–water partition coefficient (Wildman–Crippen LogP) is 3.64. The Morgan fingerprint density at radius 3 is 2.42 bits per heavy atom. The number of aromatic nitrogens is 4. The van der Waals surface area contributed by atoms with E-state index in [4.69, 9.17) is 0 Å². The summed E-state index contributed by atoms with van der Waals surface area (Å²) in [6.07, 6.45) is 1.38. The smallest absolute Gasteiger partial charge is 0.232 e. The van der Waals surface area contributed by atoms with Crippen LogP contribution < -0.4 is 10.6 Å². The zero-order chi connectivity index (χ0) is 16.9. The van der Waals surface area contributed by atoms with Gasteiger partial charge in [-0.1, -0.05) is 30.3 Å². The van der Waals surface area contributed by atoms with Gasteiger partial charge in [-0.25, -0.2) is 4.98 Å². The summed E-state index contributed by atoms with van der Waals surface area (Å²) < 4.78 is 13.2. The molecule has 0 aliphatic carbocycles. The Balaban J connectivity index is 1.98. The first-order valence-electron chi connectivity index (χ1n) is 7.57. The van der Waals surface area contributed by atoms with E-state index in [0.29, 0.717) is 23.4 Å². The Bertz CT molecular complexity index is 822. The fourth-order valence-electron chi connectivity index (χ4n) is 2.08. The number of hydrogen-bond donors (Lipinski definition) is 2. The van der Waals surface area contributed by atoms with Gasteiger partial charge in [-0.15, -0.1) is 0 Å². The van der Waals surface area contributed by atoms with E-state index in [0.717, 1.165) is 5.56 Å². The maximum Gasteiger partial charge on any atom is 0.232 e. The number of anilines is 3. The molecule has 0 saturated carbocycles. The number of nitrogens with zero attached hydrogens (tertiary/aromatic N) is 4. The summed E-state index contributed by atoms with van der Waals surface area (Å²) in [5.74, 6) is 0.747. The van der Waals surface area contributed by atoms with Crippen LogP contribution in [0.5, 0.6) is 0 Å². The average Bonchev–Trinajstić information content (AvgIpc) is 2.55. The summed E-state index contributed by atoms with van der Waals surface area (Å²) in [6.45, 7) is 3.99. The molecule has 2 aromatic heterocycles. The van der Waals surface area contributed by atoms with Crippen molar-refractivity contribution >= 4 is 17.6 Å². The lowest BCUT2D eigenvalue weighted by Gasteiger charge is -2.12. The molecule has 3 aromatic rings. The third-order valence-corrected chi connectivity index (χ3v) is 3.07. The van der Waals surface area contributed by atoms with Crippen LogP contribution in [0.1, 0.15) is 13.8 Å². The van der Waals surface area contributed by atoms with Crippen molar-refractivity contribution in [2.24, 2.45) is 0 Å². The second-order valence-corrected chi connectivity index (χ2v) is 5.46. The largest absolute Gasteiger partial charge is 0.352 e. The molecule has 0 aliphatic rings. The highest BCUT2D eigenvalue weighted by Crippen LogP contribution is 2.20. The van der Waals surface area contributed by atoms with E-state index in [9.17, 15) is 4.39 Å². The summed E-state index contributed by atoms with van der Waals surface area (Å²) in [7, 11) is 0. The monoisotopic (exact) mass is 324 g/mol. The number of pyridine rings is 1. The van der Waals surface area contributed by atoms with Gasteiger partial charge in [-0.05, 0) is 19.9 Å². The SMILES string of the molecule is CC(C)Nc1nc(Nc2ccnc(F)c2)nc(-c2ccccc2)n1. The Morgan fingerprint density at radius 2 is 1.71 bits per heavy atom. The van der Waals surface area contributed by atoms with Crippen molar-refractivity contribution in [3.05, 3.63) is 54.6 Å². The highest BCUT2D eigenvalue weighted by Gasteiger charge is 2.10. The lowest BCUT2D eigenvalue weighted by molar-refractivity contribution is 0.584. The van der Waals surface area contributed by atoms with E-state index in [-0.39, 0.29) is 6.04 Å². The van der Waals surface area contributed by atoms with E-state index < -0.39 is 5.95 Å². The van der Waals surface area contributed by atoms with E-state index in [1.807, 2.05) is 44.2 Å². The number of hydrogen-bond acceptors (Lipinski definition) is 6. The zero-order valence-electron chi connectivity index (χ0n) is 13.4. The summed E-state index contributed by atoms with van der Waals surface area (Å²) in [5, 5.41) is 6.15. The molecule has 0 aliphatic heterocycles. The molecule has 24 heavy (non-hydrogen) atoms. The van der Waals surface area contributed by atoms with Crippen LogP contribution in [-0.2, 0) is 0 Å². The Labute approximate surface area is 139 Å². The summed E-state index contributed by atoms with van der Waals surface area (Å²) in [5.41, 5.74) is 1.39. The Kier molecular flexibility index (Phi) is 4.60. The number of rotatable bonds is 5. The second-order valence-electron chi connectivity index (χ2n) is 5.46. The van der Waals surface area contributed by atoms with Crippen LogP contribution >= 0.6 is 0 Å². The predicted molar refractivity (Wildman–Crippen MR) is 91.5 cm³/mol. The van der Waals surface area contributed by atoms with Crippen LogP contribution in [-0.4, -0.2) is 26.0 Å². The first-order valence-corrected chi connectivity index (χ1v) is 7.57. The molecule has 0 radical (unpaired) electrons. The molecule has 0 fully saturated rings. The molecule has 0 atom stereocenters. The summed E-state index contributed by atoms with van der Waals surface area (Å²) >= 11 is 0. The van der Waals surface area contributed by atoms with Crippen molar-refractivity contribution in [1.82, 2.24) is 19.9 Å². The summed E-state index contributed by atoms with van der Waals surface area (Å²) in [4.78, 5) is 16.7. The van der Waals surface area contributed by atoms with Gasteiger partial charge in [0.15, 0.2) is 5.82 Å². The molecule has 0 spiro atoms. The Hall–Kier alpha value is -3.09. The average molecular weight is 324 g/mol. The third kappa shape index (κ3) is 4.01. The van der Waals surface area contributed by atoms with Gasteiger partial charge in [0.1, 0.15) is 0 Å². The Morgan fingerprint density at radius 1 is 0.958 bits per heavy atom. The molecule has 6 nitrogen and oxygen atoms in total. The highest BCUT2D eigenvalue weighted by atomic mass is 19.1. The lowest BCUT2D eigenvalue weighted by Crippen LogP contribution is -2.14. The molecule has 7 heteroatoms. The minimum absolute atomic E-state index is 0.169. The quantitative estimate of drug-likeness (QED) is 0.698. The molecular weight excluding hydrogens is 307 g/mol. The maximum absolute atomic E-state index is 13.2. The van der Waals surface area contributed by atoms with Gasteiger partial charge in [0.2, 0.25) is 17.8 Å². The van der Waals surface area contributed by atoms with Crippen molar-refractivity contribution in [1.29, 1.82) is 0 Å². The van der Waals surface area contributed by atoms with Crippen molar-refractivity contribution in [3.63, 3.8) is 0 Å². The van der Waals surface area contributed by atoms with Gasteiger partial charge in [0, 0.05) is 29.6 Å². The van der Waals surface area contributed by atoms with Gasteiger partial charge >= 0.3 is 0 Å². The molecule has 0 saturated heterocycles. The van der Waals surface area contributed by atoms with E-state index in [2.05, 4.69) is 30.6 Å². The third-order valence-electron chi connectivity index (χ3n) is 3.07. The second kappa shape index (κ2) is 6.99. The first-order chi connectivity index (χ1) is 11.6. The van der Waals surface area contributed by atoms with Crippen LogP contribution in [0.3, 0.4) is 0 Å². The molecule has 3 rings (SSSR count). The molecular formula is C17H17FN6. The fourth-order valence-corrected chi connectivity index (χ4v) is 2.08. The molecule has 2 N–H and O–H groups in total. The maximum atomic E-state index is 13.2. The van der Waals surface area contributed by atoms with E-state index >= 15 is 0 Å². The molecule has 122 valence electrons. The van der Waals surface area contributed by atoms with Crippen LogP contribution in [0.2, 0.25) is 0 Å². The van der Waals surface area contributed by atoms with Gasteiger partial charge in [-0.2, -0.15) is 19.3 Å². The minimum atomic E-state index is -0.571. The van der Waals surface area contributed by atoms with E-state index in [1.165, 1.54) is 12.3 Å². The normalized spacial score (nSPS) is 10.7. The standard InChI is InChI=1S/C17H17FN6/c1-11(2)20-16-22-15(12-6-4-3-5-7-12)23-17(24-16)21-13-8-9-19-14(18)10-13/h3-11H,1-2H3,(H2,19,20,21,22,23,24). The van der Waals surface area contributed by atoms with Crippen molar-refractivity contribution in [2.45, 2.75) is 19.9 Å². The van der Waals surface area contributed by atoms with Gasteiger partial charge < -0.3 is 10.6 Å². The molecule has 0 amide bonds. The molecule has 0 bridgehead atoms. The number of benzene rings is 1. The zero-order valence-corrected chi connectivity index (χ0v) is 13.4. The number of halogens is 1. The van der Waals surface area contributed by atoms with Crippen LogP contribution in [0, 0.1) is 5.95 Å². The van der Waals surface area contributed by atoms with Crippen molar-refractivity contribution in [2.75, 3.05) is 10.6 Å². The van der Waals surface area contributed by atoms with Crippen molar-refractivity contribution < 1.29 is 4.39 Å². The fraction of sp³-hybridized carbons (Fsp3) is 0.176. The minimum Gasteiger partial charge on any atom is -0.352 e. The van der Waals surface area contributed by atoms with Crippen LogP contribution in [0.4, 0.5) is 22.0 Å². The molecule has 2 heterocycles. The van der Waals surface area contributed by atoms with Gasteiger partial charge in [0.25, 0.3) is 0 Å². The highest BCUT2D eigenvalue weighted by molar-refractivity contribution is 5.60. The van der Waals surface area contributed by atoms with E-state index in [1.54, 1.807) is 6.07 Å². The number of nitrogens with one attached hydrogen (secondary N) is 2. The summed E-state index contributed by atoms with van der Waals surface area (Å²) in [6, 6.07) is 12.7. The first kappa shape index (κ1) is 15.8. The van der Waals surface area contributed by atoms with Crippen molar-refractivity contribution in [3.8, 4) is 11.4 Å². The lowest BCUT2D eigenvalue weighted by atomic mass is 10.2. The molecule has 0 unspecified atom stereocenters. The van der Waals surface area contributed by atoms with Crippen LogP contribution in [0.25, 0.3) is 11.4 Å². The van der Waals surface area contributed by atoms with Gasteiger partial charge in [-0.3, -0.25) is 0 Å². The molecule has 1 aromatic carbocycles.